The second kappa shape index (κ2) is 4.59. The van der Waals surface area contributed by atoms with Crippen molar-refractivity contribution in [3.63, 3.8) is 0 Å². The molecule has 0 aromatic rings. The smallest absolute Gasteiger partial charge is 0.139 e. The Bertz CT molecular complexity index is 455. The largest absolute Gasteiger partial charge is 0.299 e. The van der Waals surface area contributed by atoms with E-state index < -0.39 is 0 Å². The number of carbonyl (C=O) groups excluding carboxylic acids is 1. The van der Waals surface area contributed by atoms with E-state index in [1.54, 1.807) is 0 Å². The Hall–Kier alpha value is -0.330. The van der Waals surface area contributed by atoms with Crippen LogP contribution < -0.4 is 0 Å². The zero-order valence-electron chi connectivity index (χ0n) is 14.2. The fourth-order valence-electron chi connectivity index (χ4n) is 7.45. The zero-order valence-corrected chi connectivity index (χ0v) is 14.2. The summed E-state index contributed by atoms with van der Waals surface area (Å²) >= 11 is 0. The first kappa shape index (κ1) is 14.3. The standard InChI is InChI=1S/C20H32O/c1-13-5-4-6-14-7-8-15-16-9-10-18(21)19(16,2)12-11-17(15)20(13,14)3/h13-17H,4-12H2,1-3H3/t13-,14+,15-,16-,17-,19-,20-/m0/s1. The van der Waals surface area contributed by atoms with Gasteiger partial charge in [-0.15, -0.1) is 0 Å². The maximum Gasteiger partial charge on any atom is 0.139 e. The van der Waals surface area contributed by atoms with Gasteiger partial charge in [-0.05, 0) is 73.5 Å². The summed E-state index contributed by atoms with van der Waals surface area (Å²) in [7, 11) is 0. The normalized spacial score (nSPS) is 56.5. The van der Waals surface area contributed by atoms with Crippen molar-refractivity contribution < 1.29 is 4.79 Å². The molecule has 0 heterocycles. The van der Waals surface area contributed by atoms with Gasteiger partial charge in [0.25, 0.3) is 0 Å². The van der Waals surface area contributed by atoms with E-state index in [0.29, 0.717) is 11.2 Å². The van der Waals surface area contributed by atoms with Gasteiger partial charge in [0.2, 0.25) is 0 Å². The quantitative estimate of drug-likeness (QED) is 0.596. The van der Waals surface area contributed by atoms with E-state index in [4.69, 9.17) is 0 Å². The lowest BCUT2D eigenvalue weighted by molar-refractivity contribution is -0.145. The second-order valence-corrected chi connectivity index (χ2v) is 9.27. The van der Waals surface area contributed by atoms with Gasteiger partial charge in [-0.1, -0.05) is 33.6 Å². The highest BCUT2D eigenvalue weighted by atomic mass is 16.1. The molecule has 21 heavy (non-hydrogen) atoms. The Morgan fingerprint density at radius 1 is 0.952 bits per heavy atom. The Balaban J connectivity index is 1.69. The predicted molar refractivity (Wildman–Crippen MR) is 85.9 cm³/mol. The van der Waals surface area contributed by atoms with Crippen molar-refractivity contribution in [3.8, 4) is 0 Å². The maximum atomic E-state index is 12.4. The Labute approximate surface area is 130 Å². The average Bonchev–Trinajstić information content (AvgIpc) is 2.76. The van der Waals surface area contributed by atoms with Gasteiger partial charge in [0.15, 0.2) is 0 Å². The first-order valence-corrected chi connectivity index (χ1v) is 9.51. The van der Waals surface area contributed by atoms with Crippen LogP contribution in [0.4, 0.5) is 0 Å². The Morgan fingerprint density at radius 3 is 2.57 bits per heavy atom. The van der Waals surface area contributed by atoms with Crippen LogP contribution in [0.15, 0.2) is 0 Å². The maximum absolute atomic E-state index is 12.4. The van der Waals surface area contributed by atoms with Gasteiger partial charge in [0, 0.05) is 11.8 Å². The van der Waals surface area contributed by atoms with Gasteiger partial charge in [-0.3, -0.25) is 4.79 Å². The Morgan fingerprint density at radius 2 is 1.76 bits per heavy atom. The molecule has 0 aliphatic heterocycles. The molecule has 0 spiro atoms. The lowest BCUT2D eigenvalue weighted by atomic mass is 9.43. The van der Waals surface area contributed by atoms with E-state index in [2.05, 4.69) is 20.8 Å². The summed E-state index contributed by atoms with van der Waals surface area (Å²) in [4.78, 5) is 12.4. The number of rotatable bonds is 0. The van der Waals surface area contributed by atoms with Crippen molar-refractivity contribution in [3.05, 3.63) is 0 Å². The van der Waals surface area contributed by atoms with Gasteiger partial charge >= 0.3 is 0 Å². The van der Waals surface area contributed by atoms with E-state index in [0.717, 1.165) is 36.0 Å². The number of Topliss-reactive ketones (excluding diaryl/α,β-unsaturated/α-hetero) is 1. The van der Waals surface area contributed by atoms with Crippen molar-refractivity contribution in [2.75, 3.05) is 0 Å². The minimum atomic E-state index is 0.0578. The lowest BCUT2D eigenvalue weighted by Crippen LogP contribution is -2.55. The van der Waals surface area contributed by atoms with Crippen LogP contribution in [0.25, 0.3) is 0 Å². The molecule has 1 heteroatoms. The van der Waals surface area contributed by atoms with Crippen LogP contribution >= 0.6 is 0 Å². The summed E-state index contributed by atoms with van der Waals surface area (Å²) in [5, 5.41) is 0. The topological polar surface area (TPSA) is 17.1 Å². The minimum absolute atomic E-state index is 0.0578. The van der Waals surface area contributed by atoms with Crippen LogP contribution in [0.3, 0.4) is 0 Å². The first-order valence-electron chi connectivity index (χ1n) is 9.51. The fourth-order valence-corrected chi connectivity index (χ4v) is 7.45. The average molecular weight is 288 g/mol. The molecule has 4 aliphatic carbocycles. The summed E-state index contributed by atoms with van der Waals surface area (Å²) in [5.41, 5.74) is 0.635. The van der Waals surface area contributed by atoms with E-state index in [1.165, 1.54) is 51.4 Å². The fraction of sp³-hybridized carbons (Fsp3) is 0.950. The summed E-state index contributed by atoms with van der Waals surface area (Å²) in [5.74, 6) is 4.95. The molecule has 4 rings (SSSR count). The van der Waals surface area contributed by atoms with E-state index >= 15 is 0 Å². The minimum Gasteiger partial charge on any atom is -0.299 e. The molecule has 0 unspecified atom stereocenters. The molecule has 4 aliphatic rings. The van der Waals surface area contributed by atoms with Crippen LogP contribution in [-0.2, 0) is 4.79 Å². The molecule has 0 N–H and O–H groups in total. The van der Waals surface area contributed by atoms with Crippen molar-refractivity contribution in [2.45, 2.75) is 78.6 Å². The third-order valence-corrected chi connectivity index (χ3v) is 8.92. The molecular formula is C20H32O. The van der Waals surface area contributed by atoms with Gasteiger partial charge in [0.1, 0.15) is 5.78 Å². The van der Waals surface area contributed by atoms with Crippen LogP contribution in [0, 0.1) is 40.4 Å². The highest BCUT2D eigenvalue weighted by Crippen LogP contribution is 2.66. The summed E-state index contributed by atoms with van der Waals surface area (Å²) in [6, 6.07) is 0. The van der Waals surface area contributed by atoms with Crippen molar-refractivity contribution >= 4 is 5.78 Å². The highest BCUT2D eigenvalue weighted by Gasteiger charge is 2.60. The molecule has 0 radical (unpaired) electrons. The summed E-state index contributed by atoms with van der Waals surface area (Å²) in [6.07, 6.45) is 11.8. The number of hydrogen-bond donors (Lipinski definition) is 0. The molecule has 7 atom stereocenters. The molecule has 0 amide bonds. The SMILES string of the molecule is C[C@H]1CCC[C@@H]2CC[C@@H]3[C@H](CC[C@]4(C)C(=O)CC[C@@H]34)[C@]21C. The molecule has 0 saturated heterocycles. The van der Waals surface area contributed by atoms with Gasteiger partial charge in [-0.2, -0.15) is 0 Å². The van der Waals surface area contributed by atoms with Crippen molar-refractivity contribution in [1.29, 1.82) is 0 Å². The van der Waals surface area contributed by atoms with E-state index in [-0.39, 0.29) is 5.41 Å². The zero-order chi connectivity index (χ0) is 14.8. The molecule has 1 nitrogen and oxygen atoms in total. The number of fused-ring (bicyclic) bond motifs is 5. The van der Waals surface area contributed by atoms with Crippen LogP contribution in [0.1, 0.15) is 78.6 Å². The second-order valence-electron chi connectivity index (χ2n) is 9.27. The number of carbonyl (C=O) groups is 1. The summed E-state index contributed by atoms with van der Waals surface area (Å²) < 4.78 is 0. The molecule has 118 valence electrons. The predicted octanol–water partition coefficient (Wildman–Crippen LogP) is 5.23. The summed E-state index contributed by atoms with van der Waals surface area (Å²) in [6.45, 7) is 7.47. The van der Waals surface area contributed by atoms with Crippen molar-refractivity contribution in [1.82, 2.24) is 0 Å². The van der Waals surface area contributed by atoms with E-state index in [9.17, 15) is 4.79 Å². The van der Waals surface area contributed by atoms with Gasteiger partial charge in [-0.25, -0.2) is 0 Å². The van der Waals surface area contributed by atoms with Crippen LogP contribution in [0.2, 0.25) is 0 Å². The van der Waals surface area contributed by atoms with Crippen molar-refractivity contribution in [2.24, 2.45) is 40.4 Å². The van der Waals surface area contributed by atoms with E-state index in [1.807, 2.05) is 0 Å². The van der Waals surface area contributed by atoms with Crippen LogP contribution in [-0.4, -0.2) is 5.78 Å². The lowest BCUT2D eigenvalue weighted by Gasteiger charge is -2.61. The van der Waals surface area contributed by atoms with Gasteiger partial charge in [0.05, 0.1) is 0 Å². The highest BCUT2D eigenvalue weighted by molar-refractivity contribution is 5.87. The third-order valence-electron chi connectivity index (χ3n) is 8.92. The Kier molecular flexibility index (Phi) is 3.12. The molecule has 4 fully saturated rings. The first-order chi connectivity index (χ1) is 9.98. The third kappa shape index (κ3) is 1.72. The monoisotopic (exact) mass is 288 g/mol. The van der Waals surface area contributed by atoms with Crippen LogP contribution in [0.5, 0.6) is 0 Å². The molecule has 0 bridgehead atoms. The molecule has 0 aromatic heterocycles. The van der Waals surface area contributed by atoms with Gasteiger partial charge < -0.3 is 0 Å². The molecular weight excluding hydrogens is 256 g/mol. The molecule has 4 saturated carbocycles. The number of hydrogen-bond acceptors (Lipinski definition) is 1. The number of ketones is 1. The molecule has 0 aromatic carbocycles.